The maximum absolute atomic E-state index is 5.08. The predicted octanol–water partition coefficient (Wildman–Crippen LogP) is 4.14. The number of nitrogens with zero attached hydrogens (tertiary/aromatic N) is 7. The molecule has 7 nitrogen and oxygen atoms in total. The molecule has 6 rings (SSSR count). The fraction of sp³-hybridized carbons (Fsp3) is 0.435. The molecule has 1 aliphatic heterocycles. The Bertz CT molecular complexity index is 1220. The van der Waals surface area contributed by atoms with E-state index in [4.69, 9.17) is 9.97 Å². The zero-order valence-corrected chi connectivity index (χ0v) is 18.5. The standard InChI is InChI=1S/C23H25N7S/c1-29-18(6-9-26-29)15-7-12-30(13-8-15)22-20-16-4-2-3-5-19(16)31-23(20)28-21(27-22)17-14-24-10-11-25-17/h6,9-11,14-15H,2-5,7-8,12-13H2,1H3. The van der Waals surface area contributed by atoms with E-state index in [1.165, 1.54) is 40.8 Å². The van der Waals surface area contributed by atoms with Gasteiger partial charge in [-0.15, -0.1) is 11.3 Å². The molecule has 0 amide bonds. The number of hydrogen-bond donors (Lipinski definition) is 0. The van der Waals surface area contributed by atoms with Gasteiger partial charge in [-0.1, -0.05) is 0 Å². The van der Waals surface area contributed by atoms with E-state index in [1.54, 1.807) is 18.6 Å². The first-order chi connectivity index (χ1) is 15.3. The summed E-state index contributed by atoms with van der Waals surface area (Å²) in [6, 6.07) is 2.16. The molecule has 4 aromatic heterocycles. The van der Waals surface area contributed by atoms with Gasteiger partial charge < -0.3 is 4.90 Å². The van der Waals surface area contributed by atoms with Gasteiger partial charge in [-0.2, -0.15) is 5.10 Å². The van der Waals surface area contributed by atoms with Crippen molar-refractivity contribution < 1.29 is 0 Å². The number of hydrogen-bond acceptors (Lipinski definition) is 7. The highest BCUT2D eigenvalue weighted by Gasteiger charge is 2.28. The summed E-state index contributed by atoms with van der Waals surface area (Å²) in [6.45, 7) is 1.99. The Labute approximate surface area is 185 Å². The first-order valence-electron chi connectivity index (χ1n) is 11.1. The summed E-state index contributed by atoms with van der Waals surface area (Å²) in [5.74, 6) is 2.33. The maximum Gasteiger partial charge on any atom is 0.183 e. The van der Waals surface area contributed by atoms with Crippen molar-refractivity contribution in [1.29, 1.82) is 0 Å². The van der Waals surface area contributed by atoms with Gasteiger partial charge >= 0.3 is 0 Å². The molecule has 1 aliphatic carbocycles. The number of anilines is 1. The van der Waals surface area contributed by atoms with Gasteiger partial charge in [0.2, 0.25) is 0 Å². The van der Waals surface area contributed by atoms with E-state index < -0.39 is 0 Å². The van der Waals surface area contributed by atoms with Crippen LogP contribution in [0.1, 0.15) is 47.7 Å². The second-order valence-corrected chi connectivity index (χ2v) is 9.58. The Morgan fingerprint density at radius 3 is 2.68 bits per heavy atom. The SMILES string of the molecule is Cn1nccc1C1CCN(c2nc(-c3cnccn3)nc3sc4c(c23)CCCC4)CC1. The van der Waals surface area contributed by atoms with E-state index in [0.717, 1.165) is 48.7 Å². The van der Waals surface area contributed by atoms with Crippen molar-refractivity contribution >= 4 is 27.4 Å². The summed E-state index contributed by atoms with van der Waals surface area (Å²) in [5.41, 5.74) is 3.56. The molecule has 8 heteroatoms. The molecule has 31 heavy (non-hydrogen) atoms. The van der Waals surface area contributed by atoms with E-state index in [-0.39, 0.29) is 0 Å². The van der Waals surface area contributed by atoms with E-state index in [1.807, 2.05) is 29.3 Å². The van der Waals surface area contributed by atoms with Crippen LogP contribution in [-0.2, 0) is 19.9 Å². The summed E-state index contributed by atoms with van der Waals surface area (Å²) in [5, 5.41) is 5.65. The molecule has 0 N–H and O–H groups in total. The molecule has 0 saturated carbocycles. The molecule has 5 heterocycles. The third-order valence-corrected chi connectivity index (χ3v) is 7.85. The molecular formula is C23H25N7S. The van der Waals surface area contributed by atoms with Gasteiger partial charge in [0, 0.05) is 55.2 Å². The smallest absolute Gasteiger partial charge is 0.183 e. The molecule has 0 bridgehead atoms. The van der Waals surface area contributed by atoms with Crippen LogP contribution in [0, 0.1) is 0 Å². The van der Waals surface area contributed by atoms with Crippen molar-refractivity contribution in [2.24, 2.45) is 7.05 Å². The molecule has 1 fully saturated rings. The number of piperidine rings is 1. The molecule has 0 aromatic carbocycles. The third kappa shape index (κ3) is 3.29. The maximum atomic E-state index is 5.08. The van der Waals surface area contributed by atoms with Gasteiger partial charge in [0.1, 0.15) is 16.3 Å². The zero-order chi connectivity index (χ0) is 20.8. The van der Waals surface area contributed by atoms with Crippen LogP contribution in [0.3, 0.4) is 0 Å². The van der Waals surface area contributed by atoms with Gasteiger partial charge in [-0.3, -0.25) is 9.67 Å². The van der Waals surface area contributed by atoms with Crippen LogP contribution in [-0.4, -0.2) is 42.8 Å². The Balaban J connectivity index is 1.41. The van der Waals surface area contributed by atoms with Crippen LogP contribution >= 0.6 is 11.3 Å². The minimum atomic E-state index is 0.553. The average molecular weight is 432 g/mol. The summed E-state index contributed by atoms with van der Waals surface area (Å²) in [4.78, 5) is 23.8. The highest BCUT2D eigenvalue weighted by Crippen LogP contribution is 2.42. The Morgan fingerprint density at radius 1 is 1.03 bits per heavy atom. The lowest BCUT2D eigenvalue weighted by molar-refractivity contribution is 0.476. The fourth-order valence-corrected chi connectivity index (χ4v) is 6.32. The number of aryl methyl sites for hydroxylation is 3. The molecule has 0 spiro atoms. The third-order valence-electron chi connectivity index (χ3n) is 6.66. The fourth-order valence-electron chi connectivity index (χ4n) is 5.07. The van der Waals surface area contributed by atoms with Crippen molar-refractivity contribution in [3.63, 3.8) is 0 Å². The zero-order valence-electron chi connectivity index (χ0n) is 17.7. The molecule has 4 aromatic rings. The number of aromatic nitrogens is 6. The molecule has 158 valence electrons. The van der Waals surface area contributed by atoms with Crippen LogP contribution in [0.25, 0.3) is 21.7 Å². The Kier molecular flexibility index (Phi) is 4.67. The van der Waals surface area contributed by atoms with Crippen molar-refractivity contribution in [2.45, 2.75) is 44.4 Å². The average Bonchev–Trinajstić information content (AvgIpc) is 3.42. The van der Waals surface area contributed by atoms with Crippen LogP contribution in [0.2, 0.25) is 0 Å². The molecular weight excluding hydrogens is 406 g/mol. The van der Waals surface area contributed by atoms with Gasteiger partial charge in [0.15, 0.2) is 5.82 Å². The highest BCUT2D eigenvalue weighted by atomic mass is 32.1. The normalized spacial score (nSPS) is 17.3. The number of thiophene rings is 1. The minimum Gasteiger partial charge on any atom is -0.356 e. The summed E-state index contributed by atoms with van der Waals surface area (Å²) < 4.78 is 2.02. The van der Waals surface area contributed by atoms with Gasteiger partial charge in [-0.25, -0.2) is 15.0 Å². The van der Waals surface area contributed by atoms with Crippen molar-refractivity contribution in [1.82, 2.24) is 29.7 Å². The van der Waals surface area contributed by atoms with Crippen LogP contribution in [0.15, 0.2) is 30.9 Å². The number of fused-ring (bicyclic) bond motifs is 3. The first-order valence-corrected chi connectivity index (χ1v) is 11.9. The van der Waals surface area contributed by atoms with E-state index in [0.29, 0.717) is 11.7 Å². The van der Waals surface area contributed by atoms with Crippen molar-refractivity contribution in [3.05, 3.63) is 47.0 Å². The predicted molar refractivity (Wildman–Crippen MR) is 122 cm³/mol. The highest BCUT2D eigenvalue weighted by molar-refractivity contribution is 7.19. The number of rotatable bonds is 3. The van der Waals surface area contributed by atoms with Crippen LogP contribution in [0.4, 0.5) is 5.82 Å². The molecule has 0 atom stereocenters. The summed E-state index contributed by atoms with van der Waals surface area (Å²) in [6.07, 6.45) is 14.1. The summed E-state index contributed by atoms with van der Waals surface area (Å²) in [7, 11) is 2.04. The van der Waals surface area contributed by atoms with Crippen molar-refractivity contribution in [2.75, 3.05) is 18.0 Å². The monoisotopic (exact) mass is 431 g/mol. The Hall–Kier alpha value is -2.87. The lowest BCUT2D eigenvalue weighted by Gasteiger charge is -2.33. The largest absolute Gasteiger partial charge is 0.356 e. The second kappa shape index (κ2) is 7.67. The lowest BCUT2D eigenvalue weighted by atomic mass is 9.92. The van der Waals surface area contributed by atoms with Gasteiger partial charge in [0.05, 0.1) is 11.6 Å². The quantitative estimate of drug-likeness (QED) is 0.485. The van der Waals surface area contributed by atoms with Gasteiger partial charge in [0.25, 0.3) is 0 Å². The molecule has 0 unspecified atom stereocenters. The van der Waals surface area contributed by atoms with E-state index in [9.17, 15) is 0 Å². The first kappa shape index (κ1) is 18.9. The van der Waals surface area contributed by atoms with E-state index in [2.05, 4.69) is 26.0 Å². The van der Waals surface area contributed by atoms with Crippen LogP contribution < -0.4 is 4.90 Å². The molecule has 1 saturated heterocycles. The van der Waals surface area contributed by atoms with E-state index >= 15 is 0 Å². The minimum absolute atomic E-state index is 0.553. The van der Waals surface area contributed by atoms with Gasteiger partial charge in [-0.05, 0) is 50.2 Å². The van der Waals surface area contributed by atoms with Crippen molar-refractivity contribution in [3.8, 4) is 11.5 Å². The molecule has 0 radical (unpaired) electrons. The topological polar surface area (TPSA) is 72.6 Å². The summed E-state index contributed by atoms with van der Waals surface area (Å²) >= 11 is 1.85. The molecule has 2 aliphatic rings. The lowest BCUT2D eigenvalue weighted by Crippen LogP contribution is -2.34. The second-order valence-electron chi connectivity index (χ2n) is 8.49. The van der Waals surface area contributed by atoms with Crippen LogP contribution in [0.5, 0.6) is 0 Å². The Morgan fingerprint density at radius 2 is 1.90 bits per heavy atom.